The lowest BCUT2D eigenvalue weighted by molar-refractivity contribution is -0.385. The lowest BCUT2D eigenvalue weighted by Crippen LogP contribution is -2.06. The minimum Gasteiger partial charge on any atom is -0.490 e. The third-order valence-corrected chi connectivity index (χ3v) is 5.23. The highest BCUT2D eigenvalue weighted by Gasteiger charge is 2.25. The zero-order valence-electron chi connectivity index (χ0n) is 18.0. The summed E-state index contributed by atoms with van der Waals surface area (Å²) in [5.41, 5.74) is 1.72. The number of nitro benzene ring substituents is 1. The normalized spacial score (nSPS) is 14.3. The summed E-state index contributed by atoms with van der Waals surface area (Å²) in [4.78, 5) is 27.2. The van der Waals surface area contributed by atoms with Crippen LogP contribution in [0.1, 0.15) is 43.4 Å². The first-order valence-corrected chi connectivity index (χ1v) is 11.0. The number of esters is 1. The molecular weight excluding hydrogens is 480 g/mol. The quantitative estimate of drug-likeness (QED) is 0.145. The van der Waals surface area contributed by atoms with Crippen molar-refractivity contribution >= 4 is 39.6 Å². The Morgan fingerprint density at radius 1 is 1.22 bits per heavy atom. The van der Waals surface area contributed by atoms with Crippen molar-refractivity contribution < 1.29 is 23.9 Å². The molecule has 1 aliphatic heterocycles. The molecule has 3 rings (SSSR count). The van der Waals surface area contributed by atoms with Crippen molar-refractivity contribution in [3.8, 4) is 11.5 Å². The summed E-state index contributed by atoms with van der Waals surface area (Å²) in [5.74, 6) is 0.671. The Morgan fingerprint density at radius 2 is 2.00 bits per heavy atom. The number of aryl methyl sites for hydroxylation is 1. The molecule has 9 heteroatoms. The van der Waals surface area contributed by atoms with Crippen LogP contribution in [-0.2, 0) is 9.53 Å². The summed E-state index contributed by atoms with van der Waals surface area (Å²) in [6.45, 7) is 6.62. The van der Waals surface area contributed by atoms with Crippen LogP contribution in [-0.4, -0.2) is 30.0 Å². The molecule has 168 valence electrons. The average Bonchev–Trinajstić information content (AvgIpc) is 3.10. The fourth-order valence-electron chi connectivity index (χ4n) is 3.08. The molecule has 0 fully saturated rings. The van der Waals surface area contributed by atoms with Gasteiger partial charge in [0.25, 0.3) is 5.69 Å². The molecule has 0 amide bonds. The van der Waals surface area contributed by atoms with Crippen LogP contribution in [0, 0.1) is 17.0 Å². The van der Waals surface area contributed by atoms with Gasteiger partial charge in [0.2, 0.25) is 5.90 Å². The number of carbonyl (C=O) groups is 1. The Bertz CT molecular complexity index is 1110. The maximum Gasteiger partial charge on any atom is 0.363 e. The molecule has 0 spiro atoms. The summed E-state index contributed by atoms with van der Waals surface area (Å²) in [6.07, 6.45) is 3.54. The molecule has 2 aromatic rings. The Morgan fingerprint density at radius 3 is 2.66 bits per heavy atom. The van der Waals surface area contributed by atoms with Gasteiger partial charge < -0.3 is 14.2 Å². The highest BCUT2D eigenvalue weighted by Crippen LogP contribution is 2.38. The third-order valence-electron chi connectivity index (χ3n) is 4.64. The fraction of sp³-hybridized carbons (Fsp3) is 0.304. The second-order valence-electron chi connectivity index (χ2n) is 7.06. The summed E-state index contributed by atoms with van der Waals surface area (Å²) >= 11 is 3.52. The van der Waals surface area contributed by atoms with Crippen LogP contribution in [0.5, 0.6) is 11.5 Å². The first-order valence-electron chi connectivity index (χ1n) is 10.2. The number of cyclic esters (lactones) is 1. The van der Waals surface area contributed by atoms with E-state index in [1.807, 2.05) is 13.0 Å². The van der Waals surface area contributed by atoms with E-state index in [0.29, 0.717) is 45.9 Å². The van der Waals surface area contributed by atoms with Crippen molar-refractivity contribution in [2.45, 2.75) is 33.6 Å². The predicted molar refractivity (Wildman–Crippen MR) is 124 cm³/mol. The topological polar surface area (TPSA) is 100 Å². The summed E-state index contributed by atoms with van der Waals surface area (Å²) in [7, 11) is 0. The van der Waals surface area contributed by atoms with Gasteiger partial charge in [-0.15, -0.1) is 0 Å². The molecule has 0 aliphatic carbocycles. The molecule has 8 nitrogen and oxygen atoms in total. The van der Waals surface area contributed by atoms with Gasteiger partial charge in [0.1, 0.15) is 0 Å². The van der Waals surface area contributed by atoms with Crippen molar-refractivity contribution in [3.05, 3.63) is 67.3 Å². The lowest BCUT2D eigenvalue weighted by atomic mass is 10.1. The summed E-state index contributed by atoms with van der Waals surface area (Å²) in [5, 5.41) is 11.0. The van der Waals surface area contributed by atoms with E-state index in [1.54, 1.807) is 25.1 Å². The van der Waals surface area contributed by atoms with Crippen molar-refractivity contribution in [2.75, 3.05) is 13.2 Å². The maximum absolute atomic E-state index is 12.4. The number of hydrogen-bond donors (Lipinski definition) is 0. The van der Waals surface area contributed by atoms with Gasteiger partial charge in [0.05, 0.1) is 22.6 Å². The first kappa shape index (κ1) is 23.5. The zero-order chi connectivity index (χ0) is 23.3. The predicted octanol–water partition coefficient (Wildman–Crippen LogP) is 5.59. The Hall–Kier alpha value is -3.20. The monoisotopic (exact) mass is 502 g/mol. The highest BCUT2D eigenvalue weighted by atomic mass is 79.9. The fourth-order valence-corrected chi connectivity index (χ4v) is 3.65. The first-order chi connectivity index (χ1) is 15.3. The minimum absolute atomic E-state index is 0.0102. The van der Waals surface area contributed by atoms with Gasteiger partial charge >= 0.3 is 5.97 Å². The molecule has 0 N–H and O–H groups in total. The number of aliphatic imine (C=N–C) groups is 1. The second-order valence-corrected chi connectivity index (χ2v) is 7.91. The maximum atomic E-state index is 12.4. The molecule has 0 atom stereocenters. The van der Waals surface area contributed by atoms with E-state index in [2.05, 4.69) is 27.8 Å². The molecule has 1 heterocycles. The van der Waals surface area contributed by atoms with Gasteiger partial charge in [-0.3, -0.25) is 10.1 Å². The Kier molecular flexibility index (Phi) is 7.63. The molecule has 0 saturated carbocycles. The molecule has 32 heavy (non-hydrogen) atoms. The van der Waals surface area contributed by atoms with Crippen LogP contribution in [0.3, 0.4) is 0 Å². The Balaban J connectivity index is 1.92. The minimum atomic E-state index is -0.603. The number of nitro groups is 1. The van der Waals surface area contributed by atoms with Gasteiger partial charge in [-0.25, -0.2) is 9.79 Å². The van der Waals surface area contributed by atoms with Gasteiger partial charge in [0.15, 0.2) is 17.2 Å². The van der Waals surface area contributed by atoms with E-state index in [-0.39, 0.29) is 17.3 Å². The largest absolute Gasteiger partial charge is 0.490 e. The second kappa shape index (κ2) is 10.4. The molecular formula is C23H23BrN2O6. The van der Waals surface area contributed by atoms with Gasteiger partial charge in [0, 0.05) is 17.2 Å². The lowest BCUT2D eigenvalue weighted by Gasteiger charge is -2.14. The average molecular weight is 503 g/mol. The number of rotatable bonds is 9. The van der Waals surface area contributed by atoms with Crippen LogP contribution in [0.2, 0.25) is 0 Å². The van der Waals surface area contributed by atoms with Crippen LogP contribution < -0.4 is 9.47 Å². The molecule has 0 bridgehead atoms. The number of hydrogen-bond acceptors (Lipinski definition) is 7. The molecule has 0 aromatic heterocycles. The Labute approximate surface area is 194 Å². The molecule has 1 aliphatic rings. The molecule has 0 saturated heterocycles. The van der Waals surface area contributed by atoms with Crippen LogP contribution >= 0.6 is 15.9 Å². The number of ether oxygens (including phenoxy) is 3. The van der Waals surface area contributed by atoms with Gasteiger partial charge in [-0.1, -0.05) is 13.3 Å². The van der Waals surface area contributed by atoms with Crippen LogP contribution in [0.25, 0.3) is 6.08 Å². The van der Waals surface area contributed by atoms with Crippen LogP contribution in [0.4, 0.5) is 5.69 Å². The van der Waals surface area contributed by atoms with Crippen molar-refractivity contribution in [1.29, 1.82) is 0 Å². The highest BCUT2D eigenvalue weighted by molar-refractivity contribution is 9.10. The number of carbonyl (C=O) groups excluding carboxylic acids is 1. The molecule has 0 unspecified atom stereocenters. The van der Waals surface area contributed by atoms with Gasteiger partial charge in [-0.05, 0) is 72.1 Å². The van der Waals surface area contributed by atoms with Crippen molar-refractivity contribution in [3.63, 3.8) is 0 Å². The SMILES string of the molecule is CCCCOc1c(Br)cc(/C=C2\N=C(c3ccc([N+](=O)[O-])c(C)c3)OC2=O)cc1OCC. The van der Waals surface area contributed by atoms with Crippen molar-refractivity contribution in [1.82, 2.24) is 0 Å². The van der Waals surface area contributed by atoms with Gasteiger partial charge in [-0.2, -0.15) is 0 Å². The van der Waals surface area contributed by atoms with Crippen LogP contribution in [0.15, 0.2) is 45.5 Å². The van der Waals surface area contributed by atoms with E-state index in [4.69, 9.17) is 14.2 Å². The smallest absolute Gasteiger partial charge is 0.363 e. The van der Waals surface area contributed by atoms with E-state index in [1.165, 1.54) is 12.1 Å². The summed E-state index contributed by atoms with van der Waals surface area (Å²) in [6, 6.07) is 8.03. The molecule has 0 radical (unpaired) electrons. The summed E-state index contributed by atoms with van der Waals surface area (Å²) < 4.78 is 17.6. The standard InChI is InChI=1S/C23H23BrN2O6/c1-4-6-9-31-21-17(24)11-15(13-20(21)30-5-2)12-18-23(27)32-22(25-18)16-7-8-19(26(28)29)14(3)10-16/h7-8,10-13H,4-6,9H2,1-3H3/b18-12-. The zero-order valence-corrected chi connectivity index (χ0v) is 19.6. The van der Waals surface area contributed by atoms with E-state index >= 15 is 0 Å². The molecule has 2 aromatic carbocycles. The van der Waals surface area contributed by atoms with E-state index < -0.39 is 10.9 Å². The number of nitrogens with zero attached hydrogens (tertiary/aromatic N) is 2. The van der Waals surface area contributed by atoms with E-state index in [0.717, 1.165) is 12.8 Å². The number of unbranched alkanes of at least 4 members (excludes halogenated alkanes) is 1. The van der Waals surface area contributed by atoms with E-state index in [9.17, 15) is 14.9 Å². The van der Waals surface area contributed by atoms with Crippen molar-refractivity contribution in [2.24, 2.45) is 4.99 Å². The number of halogens is 1. The third kappa shape index (κ3) is 5.34. The number of benzene rings is 2.